The molecule has 0 aliphatic heterocycles. The predicted octanol–water partition coefficient (Wildman–Crippen LogP) is 5.24. The molecule has 0 saturated heterocycles. The van der Waals surface area contributed by atoms with Gasteiger partial charge in [-0.1, -0.05) is 48.5 Å². The van der Waals surface area contributed by atoms with Crippen LogP contribution >= 0.6 is 0 Å². The van der Waals surface area contributed by atoms with Crippen molar-refractivity contribution in [3.05, 3.63) is 0 Å². The molecule has 0 aliphatic rings. The Bertz CT molecular complexity index is 201. The van der Waals surface area contributed by atoms with Crippen molar-refractivity contribution in [2.24, 2.45) is 17.8 Å². The van der Waals surface area contributed by atoms with E-state index in [4.69, 9.17) is 14.2 Å². The molecule has 0 aliphatic carbocycles. The van der Waals surface area contributed by atoms with Gasteiger partial charge in [-0.05, 0) is 37.0 Å². The summed E-state index contributed by atoms with van der Waals surface area (Å²) in [6, 6.07) is 0. The molecular weight excluding hydrogens is 264 g/mol. The second-order valence-electron chi connectivity index (χ2n) is 7.13. The van der Waals surface area contributed by atoms with Crippen molar-refractivity contribution < 1.29 is 14.2 Å². The maximum Gasteiger partial charge on any atom is 0.282 e. The number of ether oxygens (including phenoxy) is 3. The highest BCUT2D eigenvalue weighted by Gasteiger charge is 2.31. The van der Waals surface area contributed by atoms with Crippen LogP contribution in [0.5, 0.6) is 0 Å². The Morgan fingerprint density at radius 1 is 0.619 bits per heavy atom. The van der Waals surface area contributed by atoms with Crippen molar-refractivity contribution in [2.75, 3.05) is 19.8 Å². The van der Waals surface area contributed by atoms with Gasteiger partial charge >= 0.3 is 0 Å². The van der Waals surface area contributed by atoms with Crippen LogP contribution in [-0.4, -0.2) is 25.8 Å². The third kappa shape index (κ3) is 11.1. The highest BCUT2D eigenvalue weighted by Crippen LogP contribution is 2.23. The maximum absolute atomic E-state index is 6.01. The smallest absolute Gasteiger partial charge is 0.282 e. The van der Waals surface area contributed by atoms with Gasteiger partial charge in [0.05, 0.1) is 19.8 Å². The zero-order valence-corrected chi connectivity index (χ0v) is 15.4. The third-order valence-electron chi connectivity index (χ3n) is 3.48. The first-order valence-corrected chi connectivity index (χ1v) is 8.73. The Morgan fingerprint density at radius 3 is 1.10 bits per heavy atom. The van der Waals surface area contributed by atoms with E-state index in [9.17, 15) is 0 Å². The quantitative estimate of drug-likeness (QED) is 0.435. The van der Waals surface area contributed by atoms with Crippen LogP contribution in [-0.2, 0) is 14.2 Å². The van der Waals surface area contributed by atoms with Gasteiger partial charge < -0.3 is 14.2 Å². The zero-order chi connectivity index (χ0) is 16.3. The minimum atomic E-state index is -0.849. The lowest BCUT2D eigenvalue weighted by atomic mass is 10.1. The highest BCUT2D eigenvalue weighted by atomic mass is 16.9. The minimum absolute atomic E-state index is 0.630. The van der Waals surface area contributed by atoms with Gasteiger partial charge in [0.2, 0.25) is 0 Å². The molecule has 0 aromatic carbocycles. The molecule has 3 heteroatoms. The summed E-state index contributed by atoms with van der Waals surface area (Å²) in [5.74, 6) is 1.04. The monoisotopic (exact) mass is 302 g/mol. The van der Waals surface area contributed by atoms with Crippen molar-refractivity contribution in [1.82, 2.24) is 0 Å². The maximum atomic E-state index is 6.01. The first-order valence-electron chi connectivity index (χ1n) is 8.73. The van der Waals surface area contributed by atoms with Crippen LogP contribution in [0.3, 0.4) is 0 Å². The Labute approximate surface area is 132 Å². The summed E-state index contributed by atoms with van der Waals surface area (Å²) in [4.78, 5) is 0. The topological polar surface area (TPSA) is 27.7 Å². The molecule has 0 rings (SSSR count). The average Bonchev–Trinajstić information content (AvgIpc) is 2.36. The summed E-state index contributed by atoms with van der Waals surface area (Å²) in [7, 11) is 0. The van der Waals surface area contributed by atoms with Crippen LogP contribution < -0.4 is 0 Å². The summed E-state index contributed by atoms with van der Waals surface area (Å²) >= 11 is 0. The lowest BCUT2D eigenvalue weighted by Gasteiger charge is -2.33. The second kappa shape index (κ2) is 11.4. The number of rotatable bonds is 13. The fraction of sp³-hybridized carbons (Fsp3) is 1.00. The SMILES string of the molecule is CCC(OCCC(C)C)(OCCC(C)C)OCCC(C)C. The summed E-state index contributed by atoms with van der Waals surface area (Å²) < 4.78 is 18.0. The van der Waals surface area contributed by atoms with Crippen LogP contribution in [0.4, 0.5) is 0 Å². The fourth-order valence-electron chi connectivity index (χ4n) is 1.78. The summed E-state index contributed by atoms with van der Waals surface area (Å²) in [6.07, 6.45) is 3.82. The van der Waals surface area contributed by atoms with Gasteiger partial charge in [-0.2, -0.15) is 0 Å². The van der Waals surface area contributed by atoms with Gasteiger partial charge in [-0.25, -0.2) is 0 Å². The molecule has 0 fully saturated rings. The normalized spacial score (nSPS) is 12.9. The second-order valence-corrected chi connectivity index (χ2v) is 7.13. The number of hydrogen-bond acceptors (Lipinski definition) is 3. The summed E-state index contributed by atoms with van der Waals surface area (Å²) in [5, 5.41) is 0. The number of hydrogen-bond donors (Lipinski definition) is 0. The first-order chi connectivity index (χ1) is 9.81. The largest absolute Gasteiger partial charge is 0.327 e. The van der Waals surface area contributed by atoms with E-state index in [2.05, 4.69) is 48.5 Å². The van der Waals surface area contributed by atoms with Crippen molar-refractivity contribution in [2.45, 2.75) is 80.1 Å². The van der Waals surface area contributed by atoms with Gasteiger partial charge in [0, 0.05) is 6.42 Å². The molecule has 0 spiro atoms. The van der Waals surface area contributed by atoms with E-state index in [0.29, 0.717) is 37.6 Å². The van der Waals surface area contributed by atoms with Crippen molar-refractivity contribution >= 4 is 0 Å². The van der Waals surface area contributed by atoms with E-state index >= 15 is 0 Å². The molecule has 0 aromatic rings. The molecule has 0 heterocycles. The average molecular weight is 302 g/mol. The van der Waals surface area contributed by atoms with Gasteiger partial charge in [0.25, 0.3) is 5.97 Å². The molecule has 21 heavy (non-hydrogen) atoms. The Balaban J connectivity index is 4.43. The van der Waals surface area contributed by atoms with Gasteiger partial charge in [0.15, 0.2) is 0 Å². The minimum Gasteiger partial charge on any atom is -0.327 e. The van der Waals surface area contributed by atoms with Crippen molar-refractivity contribution in [3.63, 3.8) is 0 Å². The van der Waals surface area contributed by atoms with Crippen LogP contribution in [0, 0.1) is 17.8 Å². The molecule has 0 atom stereocenters. The standard InChI is InChI=1S/C18H38O3/c1-8-18(19-12-9-15(2)3,20-13-10-16(4)5)21-14-11-17(6)7/h15-17H,8-14H2,1-7H3. The Kier molecular flexibility index (Phi) is 11.4. The Morgan fingerprint density at radius 2 is 0.905 bits per heavy atom. The molecule has 0 saturated carbocycles. The molecule has 128 valence electrons. The molecule has 0 radical (unpaired) electrons. The molecule has 0 aromatic heterocycles. The lowest BCUT2D eigenvalue weighted by Crippen LogP contribution is -2.40. The van der Waals surface area contributed by atoms with E-state index in [1.807, 2.05) is 0 Å². The Hall–Kier alpha value is -0.120. The molecule has 0 unspecified atom stereocenters. The molecular formula is C18H38O3. The van der Waals surface area contributed by atoms with E-state index in [0.717, 1.165) is 25.7 Å². The molecule has 0 N–H and O–H groups in total. The summed E-state index contributed by atoms with van der Waals surface area (Å²) in [5.41, 5.74) is 0. The van der Waals surface area contributed by atoms with Crippen LogP contribution in [0.15, 0.2) is 0 Å². The van der Waals surface area contributed by atoms with Crippen LogP contribution in [0.2, 0.25) is 0 Å². The molecule has 3 nitrogen and oxygen atoms in total. The van der Waals surface area contributed by atoms with E-state index in [1.165, 1.54) is 0 Å². The van der Waals surface area contributed by atoms with Crippen molar-refractivity contribution in [1.29, 1.82) is 0 Å². The fourth-order valence-corrected chi connectivity index (χ4v) is 1.78. The van der Waals surface area contributed by atoms with Crippen LogP contribution in [0.1, 0.15) is 74.1 Å². The highest BCUT2D eigenvalue weighted by molar-refractivity contribution is 4.58. The van der Waals surface area contributed by atoms with E-state index in [-0.39, 0.29) is 0 Å². The molecule has 0 amide bonds. The van der Waals surface area contributed by atoms with Gasteiger partial charge in [-0.15, -0.1) is 0 Å². The summed E-state index contributed by atoms with van der Waals surface area (Å²) in [6.45, 7) is 17.4. The van der Waals surface area contributed by atoms with Gasteiger partial charge in [-0.3, -0.25) is 0 Å². The molecule has 0 bridgehead atoms. The first kappa shape index (κ1) is 20.9. The third-order valence-corrected chi connectivity index (χ3v) is 3.48. The lowest BCUT2D eigenvalue weighted by molar-refractivity contribution is -0.383. The predicted molar refractivity (Wildman–Crippen MR) is 89.2 cm³/mol. The zero-order valence-electron chi connectivity index (χ0n) is 15.4. The van der Waals surface area contributed by atoms with Crippen LogP contribution in [0.25, 0.3) is 0 Å². The van der Waals surface area contributed by atoms with E-state index < -0.39 is 5.97 Å². The van der Waals surface area contributed by atoms with Crippen molar-refractivity contribution in [3.8, 4) is 0 Å². The van der Waals surface area contributed by atoms with E-state index in [1.54, 1.807) is 0 Å². The van der Waals surface area contributed by atoms with Gasteiger partial charge in [0.1, 0.15) is 0 Å².